The molecule has 0 bridgehead atoms. The van der Waals surface area contributed by atoms with Gasteiger partial charge in [-0.25, -0.2) is 0 Å². The van der Waals surface area contributed by atoms with Crippen molar-refractivity contribution in [1.29, 1.82) is 0 Å². The Morgan fingerprint density at radius 3 is 1.43 bits per heavy atom. The average Bonchev–Trinajstić information content (AvgIpc) is 2.28. The Bertz CT molecular complexity index is 470. The van der Waals surface area contributed by atoms with E-state index < -0.39 is 28.7 Å². The van der Waals surface area contributed by atoms with Gasteiger partial charge in [0.1, 0.15) is 8.42 Å². The predicted molar refractivity (Wildman–Crippen MR) is 45.1 cm³/mol. The van der Waals surface area contributed by atoms with E-state index in [1.807, 2.05) is 0 Å². The van der Waals surface area contributed by atoms with E-state index in [0.717, 1.165) is 12.1 Å². The summed E-state index contributed by atoms with van der Waals surface area (Å²) in [6.07, 6.45) is 0. The van der Waals surface area contributed by atoms with Crippen LogP contribution in [0.15, 0.2) is 20.6 Å². The van der Waals surface area contributed by atoms with Gasteiger partial charge in [-0.05, 0) is 12.1 Å². The summed E-state index contributed by atoms with van der Waals surface area (Å²) in [5.74, 6) is 0. The average molecular weight is 284 g/mol. The van der Waals surface area contributed by atoms with Crippen molar-refractivity contribution in [3.05, 3.63) is 12.1 Å². The molecule has 0 fully saturated rings. The maximum Gasteiger partial charge on any atom is 1.00 e. The zero-order valence-electron chi connectivity index (χ0n) is 7.91. The molecule has 14 heavy (non-hydrogen) atoms. The largest absolute Gasteiger partial charge is 1.00 e. The molecule has 0 spiro atoms. The Hall–Kier alpha value is 1.16. The molecule has 0 saturated heterocycles. The molecule has 2 N–H and O–H groups in total. The molecule has 1 aromatic rings. The molecule has 0 aliphatic heterocycles. The van der Waals surface area contributed by atoms with E-state index in [0.29, 0.717) is 0 Å². The van der Waals surface area contributed by atoms with Gasteiger partial charge in [0, 0.05) is 0 Å². The molecule has 1 heterocycles. The van der Waals surface area contributed by atoms with E-state index in [-0.39, 0.29) is 64.1 Å². The molecule has 1 rings (SSSR count). The van der Waals surface area contributed by atoms with Crippen LogP contribution in [0.4, 0.5) is 0 Å². The first-order valence-electron chi connectivity index (χ1n) is 2.76. The van der Waals surface area contributed by atoms with Gasteiger partial charge in [0.15, 0.2) is 0 Å². The van der Waals surface area contributed by atoms with Crippen molar-refractivity contribution in [2.45, 2.75) is 8.42 Å². The summed E-state index contributed by atoms with van der Waals surface area (Å²) in [7, 11) is -8.80. The van der Waals surface area contributed by atoms with E-state index in [9.17, 15) is 16.8 Å². The van der Waals surface area contributed by atoms with Crippen LogP contribution in [0.1, 0.15) is 1.43 Å². The molecule has 0 radical (unpaired) electrons. The maximum atomic E-state index is 10.5. The number of hydrogen-bond donors (Lipinski definition) is 2. The van der Waals surface area contributed by atoms with Crippen LogP contribution < -0.4 is 51.4 Å². The van der Waals surface area contributed by atoms with Crippen LogP contribution in [0.25, 0.3) is 0 Å². The van der Waals surface area contributed by atoms with Crippen LogP contribution in [-0.4, -0.2) is 25.9 Å². The zero-order valence-corrected chi connectivity index (χ0v) is 12.5. The second-order valence-electron chi connectivity index (χ2n) is 2.02. The standard InChI is InChI=1S/C4H4O6S3.K.H/c5-12(6,7)3-1-2-4(11-3)13(8,9)10;;/h1-2H,(H,5,6,7)(H,8,9,10);;/q;+1;-1. The van der Waals surface area contributed by atoms with Crippen LogP contribution in [-0.2, 0) is 20.2 Å². The molecular formula is C4H5KO6S3. The fourth-order valence-electron chi connectivity index (χ4n) is 0.581. The van der Waals surface area contributed by atoms with E-state index in [4.69, 9.17) is 9.11 Å². The van der Waals surface area contributed by atoms with Crippen molar-refractivity contribution in [1.82, 2.24) is 0 Å². The Kier molecular flexibility index (Phi) is 5.40. The van der Waals surface area contributed by atoms with Gasteiger partial charge in [0.2, 0.25) is 0 Å². The minimum atomic E-state index is -4.40. The van der Waals surface area contributed by atoms with E-state index >= 15 is 0 Å². The van der Waals surface area contributed by atoms with Gasteiger partial charge in [-0.1, -0.05) is 0 Å². The minimum Gasteiger partial charge on any atom is -1.00 e. The fraction of sp³-hybridized carbons (Fsp3) is 0. The first kappa shape index (κ1) is 15.2. The molecule has 0 aliphatic carbocycles. The van der Waals surface area contributed by atoms with Crippen molar-refractivity contribution >= 4 is 31.6 Å². The van der Waals surface area contributed by atoms with Crippen molar-refractivity contribution in [2.24, 2.45) is 0 Å². The third kappa shape index (κ3) is 3.96. The molecule has 76 valence electrons. The summed E-state index contributed by atoms with van der Waals surface area (Å²) >= 11 is 0.271. The van der Waals surface area contributed by atoms with Crippen LogP contribution in [0.2, 0.25) is 0 Å². The summed E-state index contributed by atoms with van der Waals surface area (Å²) in [4.78, 5) is 0. The molecule has 6 nitrogen and oxygen atoms in total. The Labute approximate surface area is 129 Å². The summed E-state index contributed by atoms with van der Waals surface area (Å²) < 4.78 is 57.7. The zero-order chi connectivity index (χ0) is 10.3. The Morgan fingerprint density at radius 1 is 1.00 bits per heavy atom. The Balaban J connectivity index is 0. The summed E-state index contributed by atoms with van der Waals surface area (Å²) in [5.41, 5.74) is 0. The number of hydrogen-bond acceptors (Lipinski definition) is 5. The molecule has 0 aliphatic rings. The van der Waals surface area contributed by atoms with Crippen molar-refractivity contribution in [2.75, 3.05) is 0 Å². The summed E-state index contributed by atoms with van der Waals surface area (Å²) in [6.45, 7) is 0. The van der Waals surface area contributed by atoms with Gasteiger partial charge in [0.05, 0.1) is 0 Å². The monoisotopic (exact) mass is 284 g/mol. The van der Waals surface area contributed by atoms with E-state index in [2.05, 4.69) is 0 Å². The van der Waals surface area contributed by atoms with Gasteiger partial charge in [-0.3, -0.25) is 9.11 Å². The molecule has 0 unspecified atom stereocenters. The van der Waals surface area contributed by atoms with Gasteiger partial charge in [0.25, 0.3) is 0 Å². The fourth-order valence-corrected chi connectivity index (χ4v) is 3.07. The van der Waals surface area contributed by atoms with Gasteiger partial charge >= 0.3 is 71.6 Å². The quantitative estimate of drug-likeness (QED) is 0.454. The summed E-state index contributed by atoms with van der Waals surface area (Å²) in [5, 5.41) is 0. The maximum absolute atomic E-state index is 10.5. The van der Waals surface area contributed by atoms with Gasteiger partial charge < -0.3 is 1.43 Å². The Morgan fingerprint density at radius 2 is 1.29 bits per heavy atom. The molecule has 0 atom stereocenters. The molecule has 1 aromatic heterocycles. The van der Waals surface area contributed by atoms with Crippen LogP contribution >= 0.6 is 11.3 Å². The van der Waals surface area contributed by atoms with Crippen molar-refractivity contribution in [3.63, 3.8) is 0 Å². The van der Waals surface area contributed by atoms with Crippen LogP contribution in [0.3, 0.4) is 0 Å². The second kappa shape index (κ2) is 4.99. The molecule has 10 heteroatoms. The van der Waals surface area contributed by atoms with Crippen molar-refractivity contribution < 1.29 is 78.8 Å². The first-order chi connectivity index (χ1) is 5.71. The number of thiophene rings is 1. The van der Waals surface area contributed by atoms with Crippen LogP contribution in [0.5, 0.6) is 0 Å². The van der Waals surface area contributed by atoms with Crippen molar-refractivity contribution in [3.8, 4) is 0 Å². The predicted octanol–water partition coefficient (Wildman–Crippen LogP) is -2.64. The van der Waals surface area contributed by atoms with Crippen LogP contribution in [0, 0.1) is 0 Å². The molecule has 0 aromatic carbocycles. The molecule has 0 saturated carbocycles. The van der Waals surface area contributed by atoms with Gasteiger partial charge in [-0.2, -0.15) is 16.8 Å². The smallest absolute Gasteiger partial charge is 1.00 e. The SMILES string of the molecule is O=S(=O)(O)c1ccc(S(=O)(=O)O)s1.[H-].[K+]. The van der Waals surface area contributed by atoms with Gasteiger partial charge in [-0.15, -0.1) is 11.3 Å². The minimum absolute atomic E-state index is 0. The summed E-state index contributed by atoms with van der Waals surface area (Å²) in [6, 6.07) is 1.78. The van der Waals surface area contributed by atoms with E-state index in [1.165, 1.54) is 0 Å². The topological polar surface area (TPSA) is 109 Å². The third-order valence-corrected chi connectivity index (χ3v) is 4.79. The molecule has 0 amide bonds. The normalized spacial score (nSPS) is 12.1. The second-order valence-corrected chi connectivity index (χ2v) is 6.40. The third-order valence-electron chi connectivity index (χ3n) is 1.07. The molecular weight excluding hydrogens is 279 g/mol. The number of rotatable bonds is 2. The van der Waals surface area contributed by atoms with E-state index in [1.54, 1.807) is 0 Å². The first-order valence-corrected chi connectivity index (χ1v) is 6.46.